The minimum absolute atomic E-state index is 0.0343. The van der Waals surface area contributed by atoms with E-state index in [1.807, 2.05) is 39.1 Å². The van der Waals surface area contributed by atoms with Gasteiger partial charge in [-0.05, 0) is 31.2 Å². The quantitative estimate of drug-likeness (QED) is 0.813. The van der Waals surface area contributed by atoms with Crippen molar-refractivity contribution >= 4 is 23.0 Å². The molecule has 0 aromatic carbocycles. The molecule has 1 heterocycles. The Morgan fingerprint density at radius 1 is 1.32 bits per heavy atom. The van der Waals surface area contributed by atoms with Crippen LogP contribution in [0.5, 0.6) is 0 Å². The van der Waals surface area contributed by atoms with Crippen LogP contribution >= 0.6 is 11.3 Å². The maximum atomic E-state index is 12.3. The van der Waals surface area contributed by atoms with Crippen molar-refractivity contribution in [2.75, 3.05) is 6.54 Å². The highest BCUT2D eigenvalue weighted by Crippen LogP contribution is 2.13. The number of nitrogens with two attached hydrogens (primary N) is 1. The van der Waals surface area contributed by atoms with Gasteiger partial charge in [-0.25, -0.2) is 0 Å². The van der Waals surface area contributed by atoms with E-state index in [1.165, 1.54) is 11.3 Å². The Kier molecular flexibility index (Phi) is 5.69. The van der Waals surface area contributed by atoms with Crippen LogP contribution in [-0.2, 0) is 4.79 Å². The molecular weight excluding hydrogens is 260 g/mol. The van der Waals surface area contributed by atoms with Crippen LogP contribution in [0, 0.1) is 5.92 Å². The molecule has 5 heteroatoms. The molecule has 0 aliphatic heterocycles. The average molecular weight is 282 g/mol. The highest BCUT2D eigenvalue weighted by Gasteiger charge is 2.27. The van der Waals surface area contributed by atoms with Crippen molar-refractivity contribution < 1.29 is 9.59 Å². The molecule has 4 nitrogen and oxygen atoms in total. The maximum Gasteiger partial charge on any atom is 0.240 e. The van der Waals surface area contributed by atoms with Crippen LogP contribution < -0.4 is 5.73 Å². The summed E-state index contributed by atoms with van der Waals surface area (Å²) in [6.07, 6.45) is 0. The van der Waals surface area contributed by atoms with Crippen LogP contribution in [0.4, 0.5) is 0 Å². The molecule has 19 heavy (non-hydrogen) atoms. The standard InChI is InChI=1S/C14H22N2O2S/c1-9(2)13(15)14(18)16(10(3)4)8-11(17)12-6-5-7-19-12/h5-7,9-10,13H,8,15H2,1-4H3. The summed E-state index contributed by atoms with van der Waals surface area (Å²) in [6.45, 7) is 7.70. The molecule has 0 saturated carbocycles. The van der Waals surface area contributed by atoms with Gasteiger partial charge in [-0.1, -0.05) is 19.9 Å². The zero-order chi connectivity index (χ0) is 14.6. The summed E-state index contributed by atoms with van der Waals surface area (Å²) in [4.78, 5) is 26.6. The number of Topliss-reactive ketones (excluding diaryl/α,β-unsaturated/α-hetero) is 1. The highest BCUT2D eigenvalue weighted by molar-refractivity contribution is 7.12. The van der Waals surface area contributed by atoms with Gasteiger partial charge in [0.2, 0.25) is 5.91 Å². The fourth-order valence-electron chi connectivity index (χ4n) is 1.66. The second kappa shape index (κ2) is 6.82. The topological polar surface area (TPSA) is 63.4 Å². The summed E-state index contributed by atoms with van der Waals surface area (Å²) >= 11 is 1.39. The molecule has 0 fully saturated rings. The molecule has 0 aliphatic carbocycles. The van der Waals surface area contributed by atoms with Gasteiger partial charge in [0.1, 0.15) is 0 Å². The fourth-order valence-corrected chi connectivity index (χ4v) is 2.32. The lowest BCUT2D eigenvalue weighted by atomic mass is 10.0. The Bertz CT molecular complexity index is 427. The lowest BCUT2D eigenvalue weighted by Crippen LogP contribution is -2.50. The van der Waals surface area contributed by atoms with Gasteiger partial charge in [-0.3, -0.25) is 9.59 Å². The molecule has 1 rings (SSSR count). The van der Waals surface area contributed by atoms with Crippen molar-refractivity contribution in [1.29, 1.82) is 0 Å². The number of ketones is 1. The second-order valence-corrected chi connectivity index (χ2v) is 6.18. The van der Waals surface area contributed by atoms with Crippen molar-refractivity contribution in [2.24, 2.45) is 11.7 Å². The van der Waals surface area contributed by atoms with Gasteiger partial charge in [-0.15, -0.1) is 11.3 Å². The van der Waals surface area contributed by atoms with E-state index in [0.29, 0.717) is 4.88 Å². The summed E-state index contributed by atoms with van der Waals surface area (Å²) < 4.78 is 0. The average Bonchev–Trinajstić information content (AvgIpc) is 2.87. The summed E-state index contributed by atoms with van der Waals surface area (Å²) in [5.74, 6) is -0.131. The SMILES string of the molecule is CC(C)C(N)C(=O)N(CC(=O)c1cccs1)C(C)C. The van der Waals surface area contributed by atoms with E-state index in [9.17, 15) is 9.59 Å². The Hall–Kier alpha value is -1.20. The van der Waals surface area contributed by atoms with Crippen LogP contribution in [0.15, 0.2) is 17.5 Å². The first-order valence-electron chi connectivity index (χ1n) is 6.47. The molecule has 0 aliphatic rings. The predicted octanol–water partition coefficient (Wildman–Crippen LogP) is 2.15. The third-order valence-corrected chi connectivity index (χ3v) is 3.93. The number of hydrogen-bond donors (Lipinski definition) is 1. The van der Waals surface area contributed by atoms with Crippen LogP contribution in [-0.4, -0.2) is 35.2 Å². The van der Waals surface area contributed by atoms with Gasteiger partial charge in [0, 0.05) is 6.04 Å². The second-order valence-electron chi connectivity index (χ2n) is 5.23. The Labute approximate surface area is 118 Å². The predicted molar refractivity (Wildman–Crippen MR) is 78.3 cm³/mol. The molecule has 1 amide bonds. The van der Waals surface area contributed by atoms with Gasteiger partial charge in [0.15, 0.2) is 5.78 Å². The zero-order valence-electron chi connectivity index (χ0n) is 11.9. The largest absolute Gasteiger partial charge is 0.331 e. The van der Waals surface area contributed by atoms with Crippen LogP contribution in [0.1, 0.15) is 37.4 Å². The van der Waals surface area contributed by atoms with Crippen LogP contribution in [0.25, 0.3) is 0 Å². The Balaban J connectivity index is 2.79. The van der Waals surface area contributed by atoms with Gasteiger partial charge < -0.3 is 10.6 Å². The van der Waals surface area contributed by atoms with E-state index in [2.05, 4.69) is 0 Å². The Morgan fingerprint density at radius 3 is 2.37 bits per heavy atom. The smallest absolute Gasteiger partial charge is 0.240 e. The molecule has 0 saturated heterocycles. The fraction of sp³-hybridized carbons (Fsp3) is 0.571. The first-order chi connectivity index (χ1) is 8.84. The third kappa shape index (κ3) is 4.14. The van der Waals surface area contributed by atoms with Crippen molar-refractivity contribution in [2.45, 2.75) is 39.8 Å². The number of carbonyl (C=O) groups is 2. The van der Waals surface area contributed by atoms with Gasteiger partial charge >= 0.3 is 0 Å². The molecule has 2 N–H and O–H groups in total. The van der Waals surface area contributed by atoms with Crippen molar-refractivity contribution in [3.8, 4) is 0 Å². The number of rotatable bonds is 6. The summed E-state index contributed by atoms with van der Waals surface area (Å²) in [5, 5.41) is 1.86. The van der Waals surface area contributed by atoms with E-state index < -0.39 is 6.04 Å². The van der Waals surface area contributed by atoms with Gasteiger partial charge in [-0.2, -0.15) is 0 Å². The van der Waals surface area contributed by atoms with E-state index in [1.54, 1.807) is 11.0 Å². The number of carbonyl (C=O) groups excluding carboxylic acids is 2. The first-order valence-corrected chi connectivity index (χ1v) is 7.35. The van der Waals surface area contributed by atoms with E-state index >= 15 is 0 Å². The lowest BCUT2D eigenvalue weighted by molar-refractivity contribution is -0.134. The maximum absolute atomic E-state index is 12.3. The molecular formula is C14H22N2O2S. The molecule has 106 valence electrons. The van der Waals surface area contributed by atoms with Crippen LogP contribution in [0.3, 0.4) is 0 Å². The first kappa shape index (κ1) is 15.9. The molecule has 1 atom stereocenters. The number of nitrogens with zero attached hydrogens (tertiary/aromatic N) is 1. The summed E-state index contributed by atoms with van der Waals surface area (Å²) in [7, 11) is 0. The van der Waals surface area contributed by atoms with Crippen molar-refractivity contribution in [3.63, 3.8) is 0 Å². The summed E-state index contributed by atoms with van der Waals surface area (Å²) in [5.41, 5.74) is 5.89. The van der Waals surface area contributed by atoms with E-state index in [-0.39, 0.29) is 30.2 Å². The van der Waals surface area contributed by atoms with Gasteiger partial charge in [0.05, 0.1) is 17.5 Å². The number of amides is 1. The lowest BCUT2D eigenvalue weighted by Gasteiger charge is -2.29. The number of hydrogen-bond acceptors (Lipinski definition) is 4. The zero-order valence-corrected chi connectivity index (χ0v) is 12.7. The Morgan fingerprint density at radius 2 is 1.95 bits per heavy atom. The molecule has 0 radical (unpaired) electrons. The number of thiophene rings is 1. The molecule has 0 bridgehead atoms. The van der Waals surface area contributed by atoms with Crippen molar-refractivity contribution in [1.82, 2.24) is 4.90 Å². The monoisotopic (exact) mass is 282 g/mol. The van der Waals surface area contributed by atoms with E-state index in [4.69, 9.17) is 5.73 Å². The minimum atomic E-state index is -0.557. The van der Waals surface area contributed by atoms with Gasteiger partial charge in [0.25, 0.3) is 0 Å². The molecule has 0 spiro atoms. The van der Waals surface area contributed by atoms with Crippen LogP contribution in [0.2, 0.25) is 0 Å². The third-order valence-electron chi connectivity index (χ3n) is 3.02. The molecule has 1 aromatic rings. The normalized spacial score (nSPS) is 12.8. The summed E-state index contributed by atoms with van der Waals surface area (Å²) in [6, 6.07) is 3.01. The molecule has 1 unspecified atom stereocenters. The van der Waals surface area contributed by atoms with E-state index in [0.717, 1.165) is 0 Å². The highest BCUT2D eigenvalue weighted by atomic mass is 32.1. The van der Waals surface area contributed by atoms with Crippen molar-refractivity contribution in [3.05, 3.63) is 22.4 Å². The minimum Gasteiger partial charge on any atom is -0.331 e. The molecule has 1 aromatic heterocycles.